The Balaban J connectivity index is 1.36. The van der Waals surface area contributed by atoms with Crippen LogP contribution in [0.15, 0.2) is 18.2 Å². The van der Waals surface area contributed by atoms with Crippen molar-refractivity contribution in [2.24, 2.45) is 5.92 Å². The van der Waals surface area contributed by atoms with Gasteiger partial charge in [0.15, 0.2) is 11.5 Å². The predicted molar refractivity (Wildman–Crippen MR) is 97.4 cm³/mol. The molecule has 0 atom stereocenters. The number of carbonyl (C=O) groups is 2. The standard InChI is InChI=1S/C19H21ClN2O4/c20-15-11-13(12-16-18(15)26-10-9-25-16)1-4-17(23)21-5-7-22(8-6-21)19(24)14-2-3-14/h1,4,11-12,14H,2-3,5-10H2. The van der Waals surface area contributed by atoms with Crippen molar-refractivity contribution in [1.82, 2.24) is 9.80 Å². The summed E-state index contributed by atoms with van der Waals surface area (Å²) in [5, 5.41) is 0.474. The zero-order valence-electron chi connectivity index (χ0n) is 14.4. The molecule has 3 aliphatic rings. The van der Waals surface area contributed by atoms with Crippen LogP contribution in [-0.2, 0) is 9.59 Å². The van der Waals surface area contributed by atoms with Crippen LogP contribution in [0.1, 0.15) is 18.4 Å². The smallest absolute Gasteiger partial charge is 0.246 e. The molecular weight excluding hydrogens is 356 g/mol. The molecule has 1 aliphatic carbocycles. The number of piperazine rings is 1. The molecule has 2 amide bonds. The quantitative estimate of drug-likeness (QED) is 0.759. The van der Waals surface area contributed by atoms with Crippen LogP contribution < -0.4 is 9.47 Å². The summed E-state index contributed by atoms with van der Waals surface area (Å²) in [5.41, 5.74) is 0.787. The van der Waals surface area contributed by atoms with E-state index in [0.29, 0.717) is 55.9 Å². The van der Waals surface area contributed by atoms with Gasteiger partial charge in [-0.3, -0.25) is 9.59 Å². The highest BCUT2D eigenvalue weighted by Gasteiger charge is 2.34. The van der Waals surface area contributed by atoms with Gasteiger partial charge in [-0.2, -0.15) is 0 Å². The van der Waals surface area contributed by atoms with E-state index in [0.717, 1.165) is 18.4 Å². The molecule has 1 aromatic rings. The van der Waals surface area contributed by atoms with Crippen LogP contribution in [0.3, 0.4) is 0 Å². The first-order valence-electron chi connectivity index (χ1n) is 8.97. The molecule has 0 spiro atoms. The maximum atomic E-state index is 12.4. The number of amides is 2. The zero-order chi connectivity index (χ0) is 18.1. The van der Waals surface area contributed by atoms with Gasteiger partial charge in [0, 0.05) is 38.2 Å². The second-order valence-corrected chi connectivity index (χ2v) is 7.19. The number of ether oxygens (including phenoxy) is 2. The van der Waals surface area contributed by atoms with Crippen molar-refractivity contribution in [3.05, 3.63) is 28.8 Å². The Hall–Kier alpha value is -2.21. The molecule has 0 N–H and O–H groups in total. The molecule has 1 saturated heterocycles. The Labute approximate surface area is 157 Å². The molecule has 4 rings (SSSR count). The van der Waals surface area contributed by atoms with Crippen molar-refractivity contribution in [2.75, 3.05) is 39.4 Å². The Morgan fingerprint density at radius 3 is 2.46 bits per heavy atom. The highest BCUT2D eigenvalue weighted by Crippen LogP contribution is 2.38. The Bertz CT molecular complexity index is 752. The number of nitrogens with zero attached hydrogens (tertiary/aromatic N) is 2. The van der Waals surface area contributed by atoms with E-state index in [1.165, 1.54) is 0 Å². The average Bonchev–Trinajstić information content (AvgIpc) is 3.51. The van der Waals surface area contributed by atoms with Gasteiger partial charge in [0.1, 0.15) is 13.2 Å². The molecule has 1 aromatic carbocycles. The fraction of sp³-hybridized carbons (Fsp3) is 0.474. The van der Waals surface area contributed by atoms with Crippen LogP contribution >= 0.6 is 11.6 Å². The minimum atomic E-state index is -0.0606. The molecule has 7 heteroatoms. The summed E-state index contributed by atoms with van der Waals surface area (Å²) in [5.74, 6) is 1.58. The van der Waals surface area contributed by atoms with Crippen molar-refractivity contribution in [2.45, 2.75) is 12.8 Å². The molecular formula is C19H21ClN2O4. The van der Waals surface area contributed by atoms with E-state index >= 15 is 0 Å². The van der Waals surface area contributed by atoms with E-state index < -0.39 is 0 Å². The fourth-order valence-electron chi connectivity index (χ4n) is 3.24. The van der Waals surface area contributed by atoms with Gasteiger partial charge in [-0.25, -0.2) is 0 Å². The van der Waals surface area contributed by atoms with Crippen molar-refractivity contribution in [3.63, 3.8) is 0 Å². The van der Waals surface area contributed by atoms with E-state index in [2.05, 4.69) is 0 Å². The Morgan fingerprint density at radius 2 is 1.73 bits per heavy atom. The first kappa shape index (κ1) is 17.2. The van der Waals surface area contributed by atoms with Crippen molar-refractivity contribution in [3.8, 4) is 11.5 Å². The summed E-state index contributed by atoms with van der Waals surface area (Å²) in [4.78, 5) is 28.1. The van der Waals surface area contributed by atoms with Gasteiger partial charge >= 0.3 is 0 Å². The number of hydrogen-bond acceptors (Lipinski definition) is 4. The van der Waals surface area contributed by atoms with Gasteiger partial charge < -0.3 is 19.3 Å². The average molecular weight is 377 g/mol. The van der Waals surface area contributed by atoms with Gasteiger partial charge in [0.05, 0.1) is 5.02 Å². The summed E-state index contributed by atoms with van der Waals surface area (Å²) in [7, 11) is 0. The first-order chi connectivity index (χ1) is 12.6. The lowest BCUT2D eigenvalue weighted by atomic mass is 10.1. The molecule has 0 bridgehead atoms. The van der Waals surface area contributed by atoms with E-state index in [4.69, 9.17) is 21.1 Å². The minimum Gasteiger partial charge on any atom is -0.486 e. The maximum absolute atomic E-state index is 12.4. The summed E-state index contributed by atoms with van der Waals surface area (Å²) in [6.07, 6.45) is 5.30. The number of carbonyl (C=O) groups excluding carboxylic acids is 2. The van der Waals surface area contributed by atoms with E-state index in [1.807, 2.05) is 11.0 Å². The normalized spacial score (nSPS) is 19.7. The molecule has 0 aromatic heterocycles. The minimum absolute atomic E-state index is 0.0606. The number of fused-ring (bicyclic) bond motifs is 1. The lowest BCUT2D eigenvalue weighted by molar-refractivity contribution is -0.138. The van der Waals surface area contributed by atoms with Crippen LogP contribution in [0.4, 0.5) is 0 Å². The molecule has 6 nitrogen and oxygen atoms in total. The highest BCUT2D eigenvalue weighted by atomic mass is 35.5. The molecule has 2 fully saturated rings. The largest absolute Gasteiger partial charge is 0.486 e. The Kier molecular flexibility index (Phi) is 4.76. The van der Waals surface area contributed by atoms with Crippen molar-refractivity contribution < 1.29 is 19.1 Å². The monoisotopic (exact) mass is 376 g/mol. The van der Waals surface area contributed by atoms with E-state index in [1.54, 1.807) is 23.1 Å². The Morgan fingerprint density at radius 1 is 1.04 bits per heavy atom. The lowest BCUT2D eigenvalue weighted by Gasteiger charge is -2.34. The third kappa shape index (κ3) is 3.65. The van der Waals surface area contributed by atoms with Crippen molar-refractivity contribution in [1.29, 1.82) is 0 Å². The fourth-order valence-corrected chi connectivity index (χ4v) is 3.51. The molecule has 2 aliphatic heterocycles. The topological polar surface area (TPSA) is 59.1 Å². The van der Waals surface area contributed by atoms with Gasteiger partial charge in [-0.15, -0.1) is 0 Å². The number of benzene rings is 1. The van der Waals surface area contributed by atoms with Gasteiger partial charge in [0.25, 0.3) is 0 Å². The molecule has 2 heterocycles. The summed E-state index contributed by atoms with van der Waals surface area (Å²) >= 11 is 6.22. The van der Waals surface area contributed by atoms with E-state index in [-0.39, 0.29) is 17.7 Å². The van der Waals surface area contributed by atoms with Crippen LogP contribution in [0, 0.1) is 5.92 Å². The lowest BCUT2D eigenvalue weighted by Crippen LogP contribution is -2.50. The molecule has 138 valence electrons. The second kappa shape index (κ2) is 7.19. The van der Waals surface area contributed by atoms with Crippen LogP contribution in [0.25, 0.3) is 6.08 Å². The summed E-state index contributed by atoms with van der Waals surface area (Å²) < 4.78 is 11.0. The molecule has 26 heavy (non-hydrogen) atoms. The van der Waals surface area contributed by atoms with E-state index in [9.17, 15) is 9.59 Å². The number of rotatable bonds is 3. The van der Waals surface area contributed by atoms with Gasteiger partial charge in [-0.05, 0) is 36.6 Å². The van der Waals surface area contributed by atoms with Crippen LogP contribution in [0.5, 0.6) is 11.5 Å². The summed E-state index contributed by atoms with van der Waals surface area (Å²) in [6.45, 7) is 3.34. The number of hydrogen-bond donors (Lipinski definition) is 0. The third-order valence-electron chi connectivity index (χ3n) is 4.87. The van der Waals surface area contributed by atoms with Crippen LogP contribution in [0.2, 0.25) is 5.02 Å². The van der Waals surface area contributed by atoms with Gasteiger partial charge in [-0.1, -0.05) is 11.6 Å². The second-order valence-electron chi connectivity index (χ2n) is 6.79. The first-order valence-corrected chi connectivity index (χ1v) is 9.34. The van der Waals surface area contributed by atoms with Crippen molar-refractivity contribution >= 4 is 29.5 Å². The number of halogens is 1. The molecule has 1 saturated carbocycles. The van der Waals surface area contributed by atoms with Gasteiger partial charge in [0.2, 0.25) is 11.8 Å². The SMILES string of the molecule is O=C(C=Cc1cc(Cl)c2c(c1)OCCO2)N1CCN(C(=O)C2CC2)CC1. The molecule has 0 radical (unpaired) electrons. The maximum Gasteiger partial charge on any atom is 0.246 e. The summed E-state index contributed by atoms with van der Waals surface area (Å²) in [6, 6.07) is 3.57. The van der Waals surface area contributed by atoms with Crippen LogP contribution in [-0.4, -0.2) is 61.0 Å². The third-order valence-corrected chi connectivity index (χ3v) is 5.15. The predicted octanol–water partition coefficient (Wildman–Crippen LogP) is 2.21. The zero-order valence-corrected chi connectivity index (χ0v) is 15.2. The molecule has 0 unspecified atom stereocenters. The highest BCUT2D eigenvalue weighted by molar-refractivity contribution is 6.32.